The highest BCUT2D eigenvalue weighted by Gasteiger charge is 2.21. The van der Waals surface area contributed by atoms with Gasteiger partial charge >= 0.3 is 6.03 Å². The number of hydrazine groups is 1. The van der Waals surface area contributed by atoms with Crippen LogP contribution in [0.1, 0.15) is 38.1 Å². The molecule has 108 valence electrons. The van der Waals surface area contributed by atoms with Gasteiger partial charge in [0.15, 0.2) is 5.78 Å². The number of ketones is 1. The summed E-state index contributed by atoms with van der Waals surface area (Å²) in [4.78, 5) is 34.4. The Morgan fingerprint density at radius 3 is 2.25 bits per heavy atom. The maximum Gasteiger partial charge on any atom is 0.337 e. The molecule has 0 aromatic heterocycles. The molecular formula is C14H19N3O3. The predicted molar refractivity (Wildman–Crippen MR) is 76.2 cm³/mol. The fourth-order valence-electron chi connectivity index (χ4n) is 1.28. The first-order chi connectivity index (χ1) is 9.20. The molecule has 0 atom stereocenters. The number of anilines is 1. The molecule has 1 aromatic rings. The van der Waals surface area contributed by atoms with Gasteiger partial charge in [-0.3, -0.25) is 15.0 Å². The van der Waals surface area contributed by atoms with Gasteiger partial charge in [-0.1, -0.05) is 32.9 Å². The van der Waals surface area contributed by atoms with Gasteiger partial charge in [0.2, 0.25) is 5.91 Å². The third-order valence-corrected chi connectivity index (χ3v) is 2.50. The van der Waals surface area contributed by atoms with Crippen molar-refractivity contribution in [3.8, 4) is 0 Å². The van der Waals surface area contributed by atoms with E-state index in [1.54, 1.807) is 45.0 Å². The standard InChI is InChI=1S/C14H19N3O3/c1-9(18)10-6-5-7-11(8-10)15-13(20)17-16-12(19)14(2,3)4/h5-8H,1-4H3,(H,16,19)(H2,15,17,20). The van der Waals surface area contributed by atoms with Gasteiger partial charge in [0, 0.05) is 16.7 Å². The van der Waals surface area contributed by atoms with Crippen LogP contribution < -0.4 is 16.2 Å². The molecule has 0 aliphatic rings. The van der Waals surface area contributed by atoms with Crippen LogP contribution in [0.5, 0.6) is 0 Å². The quantitative estimate of drug-likeness (QED) is 0.571. The molecule has 0 fully saturated rings. The minimum Gasteiger partial charge on any atom is -0.307 e. The normalized spacial score (nSPS) is 10.6. The number of urea groups is 1. The molecule has 3 amide bonds. The number of Topliss-reactive ketones (excluding diaryl/α,β-unsaturated/α-hetero) is 1. The van der Waals surface area contributed by atoms with Crippen molar-refractivity contribution in [2.75, 3.05) is 5.32 Å². The van der Waals surface area contributed by atoms with Crippen molar-refractivity contribution in [2.24, 2.45) is 5.41 Å². The minimum atomic E-state index is -0.595. The van der Waals surface area contributed by atoms with Gasteiger partial charge in [-0.2, -0.15) is 0 Å². The summed E-state index contributed by atoms with van der Waals surface area (Å²) in [7, 11) is 0. The van der Waals surface area contributed by atoms with E-state index in [1.165, 1.54) is 6.92 Å². The van der Waals surface area contributed by atoms with Crippen LogP contribution in [0.4, 0.5) is 10.5 Å². The molecule has 0 unspecified atom stereocenters. The average molecular weight is 277 g/mol. The van der Waals surface area contributed by atoms with Crippen LogP contribution in [-0.2, 0) is 4.79 Å². The molecule has 1 aromatic carbocycles. The lowest BCUT2D eigenvalue weighted by Gasteiger charge is -2.18. The Morgan fingerprint density at radius 2 is 1.70 bits per heavy atom. The van der Waals surface area contributed by atoms with Gasteiger partial charge in [-0.15, -0.1) is 0 Å². The first kappa shape index (κ1) is 15.7. The first-order valence-corrected chi connectivity index (χ1v) is 6.18. The molecular weight excluding hydrogens is 258 g/mol. The van der Waals surface area contributed by atoms with Crippen LogP contribution in [0.15, 0.2) is 24.3 Å². The second-order valence-electron chi connectivity index (χ2n) is 5.42. The number of nitrogens with one attached hydrogen (secondary N) is 3. The molecule has 0 heterocycles. The molecule has 0 bridgehead atoms. The number of carbonyl (C=O) groups excluding carboxylic acids is 3. The number of amides is 3. The van der Waals surface area contributed by atoms with Crippen LogP contribution in [-0.4, -0.2) is 17.7 Å². The van der Waals surface area contributed by atoms with Gasteiger partial charge in [0.25, 0.3) is 0 Å². The maximum absolute atomic E-state index is 11.6. The van der Waals surface area contributed by atoms with Crippen LogP contribution in [0.25, 0.3) is 0 Å². The molecule has 0 spiro atoms. The fourth-order valence-corrected chi connectivity index (χ4v) is 1.28. The third kappa shape index (κ3) is 4.72. The molecule has 0 radical (unpaired) electrons. The second-order valence-corrected chi connectivity index (χ2v) is 5.42. The highest BCUT2D eigenvalue weighted by Crippen LogP contribution is 2.12. The first-order valence-electron chi connectivity index (χ1n) is 6.18. The Kier molecular flexibility index (Phi) is 4.85. The Balaban J connectivity index is 2.57. The summed E-state index contributed by atoms with van der Waals surface area (Å²) >= 11 is 0. The van der Waals surface area contributed by atoms with E-state index in [4.69, 9.17) is 0 Å². The van der Waals surface area contributed by atoms with Crippen molar-refractivity contribution in [3.05, 3.63) is 29.8 Å². The van der Waals surface area contributed by atoms with E-state index in [1.807, 2.05) is 0 Å². The lowest BCUT2D eigenvalue weighted by atomic mass is 9.96. The lowest BCUT2D eigenvalue weighted by molar-refractivity contribution is -0.129. The highest BCUT2D eigenvalue weighted by atomic mass is 16.2. The van der Waals surface area contributed by atoms with Crippen LogP contribution in [0.2, 0.25) is 0 Å². The minimum absolute atomic E-state index is 0.0879. The largest absolute Gasteiger partial charge is 0.337 e. The smallest absolute Gasteiger partial charge is 0.307 e. The molecule has 0 aliphatic heterocycles. The van der Waals surface area contributed by atoms with Crippen molar-refractivity contribution in [3.63, 3.8) is 0 Å². The van der Waals surface area contributed by atoms with Crippen LogP contribution >= 0.6 is 0 Å². The molecule has 6 heteroatoms. The fraction of sp³-hybridized carbons (Fsp3) is 0.357. The van der Waals surface area contributed by atoms with Crippen molar-refractivity contribution in [2.45, 2.75) is 27.7 Å². The summed E-state index contributed by atoms with van der Waals surface area (Å²) in [5.41, 5.74) is 4.94. The molecule has 20 heavy (non-hydrogen) atoms. The summed E-state index contributed by atoms with van der Waals surface area (Å²) in [6.45, 7) is 6.65. The monoisotopic (exact) mass is 277 g/mol. The SMILES string of the molecule is CC(=O)c1cccc(NC(=O)NNC(=O)C(C)(C)C)c1. The second kappa shape index (κ2) is 6.18. The van der Waals surface area contributed by atoms with Crippen LogP contribution in [0.3, 0.4) is 0 Å². The number of carbonyl (C=O) groups is 3. The van der Waals surface area contributed by atoms with Crippen LogP contribution in [0, 0.1) is 5.41 Å². The summed E-state index contributed by atoms with van der Waals surface area (Å²) in [6.07, 6.45) is 0. The van der Waals surface area contributed by atoms with E-state index in [0.717, 1.165) is 0 Å². The van der Waals surface area contributed by atoms with Crippen molar-refractivity contribution in [1.29, 1.82) is 0 Å². The summed E-state index contributed by atoms with van der Waals surface area (Å²) in [5, 5.41) is 2.53. The van der Waals surface area contributed by atoms with Crippen molar-refractivity contribution in [1.82, 2.24) is 10.9 Å². The lowest BCUT2D eigenvalue weighted by Crippen LogP contribution is -2.48. The molecule has 0 aliphatic carbocycles. The number of hydrogen-bond donors (Lipinski definition) is 3. The van der Waals surface area contributed by atoms with E-state index in [2.05, 4.69) is 16.2 Å². The van der Waals surface area contributed by atoms with E-state index in [-0.39, 0.29) is 11.7 Å². The zero-order chi connectivity index (χ0) is 15.3. The number of rotatable bonds is 2. The maximum atomic E-state index is 11.6. The number of benzene rings is 1. The van der Waals surface area contributed by atoms with E-state index in [9.17, 15) is 14.4 Å². The molecule has 0 saturated heterocycles. The molecule has 6 nitrogen and oxygen atoms in total. The van der Waals surface area contributed by atoms with Gasteiger partial charge in [0.1, 0.15) is 0 Å². The Hall–Kier alpha value is -2.37. The summed E-state index contributed by atoms with van der Waals surface area (Å²) < 4.78 is 0. The Labute approximate surface area is 117 Å². The van der Waals surface area contributed by atoms with Gasteiger partial charge in [-0.25, -0.2) is 10.2 Å². The summed E-state index contributed by atoms with van der Waals surface area (Å²) in [5.74, 6) is -0.389. The molecule has 0 saturated carbocycles. The Bertz CT molecular complexity index is 533. The number of hydrogen-bond acceptors (Lipinski definition) is 3. The third-order valence-electron chi connectivity index (χ3n) is 2.50. The van der Waals surface area contributed by atoms with Crippen molar-refractivity contribution >= 4 is 23.4 Å². The molecule has 1 rings (SSSR count). The van der Waals surface area contributed by atoms with E-state index in [0.29, 0.717) is 11.3 Å². The zero-order valence-corrected chi connectivity index (χ0v) is 12.0. The predicted octanol–water partition coefficient (Wildman–Crippen LogP) is 2.09. The highest BCUT2D eigenvalue weighted by molar-refractivity contribution is 5.97. The van der Waals surface area contributed by atoms with Crippen molar-refractivity contribution < 1.29 is 14.4 Å². The van der Waals surface area contributed by atoms with Gasteiger partial charge < -0.3 is 5.32 Å². The molecule has 3 N–H and O–H groups in total. The Morgan fingerprint density at radius 1 is 1.05 bits per heavy atom. The van der Waals surface area contributed by atoms with Gasteiger partial charge in [0.05, 0.1) is 0 Å². The summed E-state index contributed by atoms with van der Waals surface area (Å²) in [6, 6.07) is 5.96. The van der Waals surface area contributed by atoms with Gasteiger partial charge in [-0.05, 0) is 19.1 Å². The zero-order valence-electron chi connectivity index (χ0n) is 12.0. The average Bonchev–Trinajstić information content (AvgIpc) is 2.35. The topological polar surface area (TPSA) is 87.3 Å². The van der Waals surface area contributed by atoms with E-state index >= 15 is 0 Å². The van der Waals surface area contributed by atoms with E-state index < -0.39 is 11.4 Å².